The molecule has 45 heavy (non-hydrogen) atoms. The summed E-state index contributed by atoms with van der Waals surface area (Å²) >= 11 is 3.71. The smallest absolute Gasteiger partial charge is 0.394 e. The first-order valence-corrected chi connectivity index (χ1v) is 16.9. The van der Waals surface area contributed by atoms with E-state index in [9.17, 15) is 34.1 Å². The number of nitrogens with zero attached hydrogens (tertiary/aromatic N) is 7. The first kappa shape index (κ1) is 31.8. The highest BCUT2D eigenvalue weighted by atomic mass is 32.7. The maximum atomic E-state index is 13.3. The molecule has 6 unspecified atom stereocenters. The zero-order valence-corrected chi connectivity index (χ0v) is 25.1. The van der Waals surface area contributed by atoms with E-state index in [0.29, 0.717) is 0 Å². The minimum atomic E-state index is -4.85. The third-order valence-electron chi connectivity index (χ3n) is 6.95. The number of aliphatic hydroxyl groups excluding tert-OH is 3. The minimum Gasteiger partial charge on any atom is -0.394 e. The Balaban J connectivity index is 1.22. The first-order valence-electron chi connectivity index (χ1n) is 12.8. The van der Waals surface area contributed by atoms with E-state index >= 15 is 0 Å². The number of ether oxygens (including phenoxy) is 3. The molecule has 0 aromatic carbocycles. The second kappa shape index (κ2) is 12.2. The number of rotatable bonds is 10. The summed E-state index contributed by atoms with van der Waals surface area (Å²) in [6, 6.07) is 0. The zero-order valence-electron chi connectivity index (χ0n) is 22.4. The summed E-state index contributed by atoms with van der Waals surface area (Å²) in [7, 11) is -7.47. The van der Waals surface area contributed by atoms with Crippen molar-refractivity contribution in [3.8, 4) is 0 Å². The molecule has 2 fully saturated rings. The van der Waals surface area contributed by atoms with E-state index in [4.69, 9.17) is 34.7 Å². The van der Waals surface area contributed by atoms with E-state index < -0.39 is 82.6 Å². The molecule has 242 valence electrons. The second-order valence-corrected chi connectivity index (χ2v) is 13.2. The molecule has 4 aromatic rings. The fourth-order valence-electron chi connectivity index (χ4n) is 4.98. The molecule has 6 heterocycles. The molecule has 2 aliphatic rings. The van der Waals surface area contributed by atoms with Gasteiger partial charge in [0, 0.05) is 0 Å². The van der Waals surface area contributed by atoms with Crippen LogP contribution in [0.1, 0.15) is 12.5 Å². The Labute approximate surface area is 255 Å². The molecule has 0 bridgehead atoms. The van der Waals surface area contributed by atoms with E-state index in [1.165, 1.54) is 10.9 Å². The minimum absolute atomic E-state index is 0.0539. The van der Waals surface area contributed by atoms with Crippen LogP contribution >= 0.6 is 27.1 Å². The summed E-state index contributed by atoms with van der Waals surface area (Å²) in [4.78, 5) is 45.3. The highest BCUT2D eigenvalue weighted by Gasteiger charge is 2.53. The molecule has 0 spiro atoms. The highest BCUT2D eigenvalue weighted by molar-refractivity contribution is 8.39. The van der Waals surface area contributed by atoms with Crippen LogP contribution in [0, 0.1) is 0 Å². The van der Waals surface area contributed by atoms with Crippen LogP contribution in [0.15, 0.2) is 23.8 Å². The van der Waals surface area contributed by atoms with Gasteiger partial charge in [0.1, 0.15) is 48.5 Å². The molecule has 22 nitrogen and oxygen atoms in total. The van der Waals surface area contributed by atoms with Crippen LogP contribution in [0.2, 0.25) is 0 Å². The predicted molar refractivity (Wildman–Crippen MR) is 151 cm³/mol. The van der Waals surface area contributed by atoms with E-state index in [1.54, 1.807) is 0 Å². The topological polar surface area (TPSA) is 320 Å². The molecule has 0 amide bonds. The Hall–Kier alpha value is -3.18. The fourth-order valence-corrected chi connectivity index (χ4v) is 6.74. The van der Waals surface area contributed by atoms with Gasteiger partial charge >= 0.3 is 14.8 Å². The van der Waals surface area contributed by atoms with Gasteiger partial charge < -0.3 is 45.9 Å². The predicted octanol–water partition coefficient (Wildman–Crippen LogP) is -1.89. The van der Waals surface area contributed by atoms with Gasteiger partial charge in [-0.15, -0.1) is 4.52 Å². The summed E-state index contributed by atoms with van der Waals surface area (Å²) in [5.74, 6) is -0.209. The molecule has 6 rings (SSSR count). The summed E-state index contributed by atoms with van der Waals surface area (Å²) in [5, 5.41) is 31.5. The second-order valence-electron chi connectivity index (χ2n) is 9.79. The first-order chi connectivity index (χ1) is 21.4. The largest absolute Gasteiger partial charge is 0.582 e. The Kier molecular flexibility index (Phi) is 8.62. The van der Waals surface area contributed by atoms with E-state index in [-0.39, 0.29) is 34.1 Å². The van der Waals surface area contributed by atoms with Gasteiger partial charge in [-0.25, -0.2) is 19.9 Å². The molecule has 25 heteroatoms. The third kappa shape index (κ3) is 5.93. The maximum Gasteiger partial charge on any atom is 0.582 e. The van der Waals surface area contributed by atoms with Crippen LogP contribution in [0.3, 0.4) is 0 Å². The van der Waals surface area contributed by atoms with Crippen molar-refractivity contribution in [2.45, 2.75) is 49.3 Å². The molecule has 2 aliphatic heterocycles. The van der Waals surface area contributed by atoms with Gasteiger partial charge in [0.15, 0.2) is 53.8 Å². The highest BCUT2D eigenvalue weighted by Crippen LogP contribution is 2.50. The monoisotopic (exact) mass is 691 g/mol. The van der Waals surface area contributed by atoms with Crippen molar-refractivity contribution >= 4 is 61.2 Å². The number of nitrogens with two attached hydrogens (primary N) is 2. The van der Waals surface area contributed by atoms with E-state index in [0.717, 1.165) is 17.2 Å². The van der Waals surface area contributed by atoms with Crippen LogP contribution in [0.25, 0.3) is 22.3 Å². The van der Waals surface area contributed by atoms with Gasteiger partial charge in [0.05, 0.1) is 19.3 Å². The van der Waals surface area contributed by atoms with Gasteiger partial charge in [-0.2, -0.15) is 4.98 Å². The molecule has 2 saturated heterocycles. The molecule has 0 radical (unpaired) electrons. The molecule has 10 atom stereocenters. The van der Waals surface area contributed by atoms with Crippen LogP contribution in [-0.4, -0.2) is 109 Å². The number of fused-ring (bicyclic) bond motifs is 2. The van der Waals surface area contributed by atoms with Crippen molar-refractivity contribution in [2.24, 2.45) is 0 Å². The third-order valence-corrected chi connectivity index (χ3v) is 8.70. The molecule has 4 aromatic heterocycles. The number of imidazole rings is 2. The normalized spacial score (nSPS) is 30.3. The number of H-pyrrole nitrogens is 1. The van der Waals surface area contributed by atoms with Gasteiger partial charge in [-0.3, -0.25) is 28.0 Å². The lowest BCUT2D eigenvalue weighted by molar-refractivity contribution is -0.164. The van der Waals surface area contributed by atoms with Gasteiger partial charge in [-0.1, -0.05) is 0 Å². The zero-order chi connectivity index (χ0) is 32.2. The number of anilines is 2. The van der Waals surface area contributed by atoms with E-state index in [1.807, 2.05) is 0 Å². The number of aromatic nitrogens is 8. The summed E-state index contributed by atoms with van der Waals surface area (Å²) in [5.41, 5.74) is 10.9. The SMILES string of the molecule is Nc1nc2c(ncn2[C@@H]2O[C@H](CO)C(O)C2OP(=O)(O)CO[C@H]2O[C@@H](n3cnc4c(N)ncnc43)C(O)C2O[P+](=O)S)c(=O)[nH]1. The van der Waals surface area contributed by atoms with Crippen molar-refractivity contribution in [1.82, 2.24) is 39.0 Å². The van der Waals surface area contributed by atoms with Crippen LogP contribution in [0.5, 0.6) is 0 Å². The van der Waals surface area contributed by atoms with Crippen LogP contribution in [-0.2, 0) is 32.4 Å². The number of thiol groups is 1. The summed E-state index contributed by atoms with van der Waals surface area (Å²) < 4.78 is 55.0. The van der Waals surface area contributed by atoms with Crippen LogP contribution < -0.4 is 17.0 Å². The average Bonchev–Trinajstić information content (AvgIpc) is 3.73. The number of aliphatic hydroxyl groups is 3. The van der Waals surface area contributed by atoms with Gasteiger partial charge in [0.25, 0.3) is 5.56 Å². The number of nitrogen functional groups attached to an aromatic ring is 2. The lowest BCUT2D eigenvalue weighted by Crippen LogP contribution is -2.36. The molecular weight excluding hydrogens is 666 g/mol. The number of hydrogen-bond donors (Lipinski definition) is 8. The quantitative estimate of drug-likeness (QED) is 0.0665. The van der Waals surface area contributed by atoms with Gasteiger partial charge in [0.2, 0.25) is 5.95 Å². The average molecular weight is 691 g/mol. The number of nitrogens with one attached hydrogen (secondary N) is 1. The van der Waals surface area contributed by atoms with Crippen molar-refractivity contribution in [1.29, 1.82) is 0 Å². The van der Waals surface area contributed by atoms with Gasteiger partial charge in [-0.05, 0) is 4.57 Å². The Morgan fingerprint density at radius 3 is 2.47 bits per heavy atom. The summed E-state index contributed by atoms with van der Waals surface area (Å²) in [6.07, 6.45) is -9.55. The molecule has 0 saturated carbocycles. The van der Waals surface area contributed by atoms with Crippen molar-refractivity contribution in [3.63, 3.8) is 0 Å². The van der Waals surface area contributed by atoms with Crippen molar-refractivity contribution in [2.75, 3.05) is 24.4 Å². The molecule has 0 aliphatic carbocycles. The lowest BCUT2D eigenvalue weighted by atomic mass is 10.1. The fraction of sp³-hybridized carbons (Fsp3) is 0.500. The summed E-state index contributed by atoms with van der Waals surface area (Å²) in [6.45, 7) is -0.706. The van der Waals surface area contributed by atoms with Crippen molar-refractivity contribution < 1.29 is 52.6 Å². The lowest BCUT2D eigenvalue weighted by Gasteiger charge is -2.25. The Morgan fingerprint density at radius 1 is 1.04 bits per heavy atom. The van der Waals surface area contributed by atoms with E-state index in [2.05, 4.69) is 42.2 Å². The molecule has 9 N–H and O–H groups in total. The van der Waals surface area contributed by atoms with Crippen LogP contribution in [0.4, 0.5) is 11.8 Å². The van der Waals surface area contributed by atoms with Crippen molar-refractivity contribution in [3.05, 3.63) is 29.3 Å². The number of hydrogen-bond acceptors (Lipinski definition) is 18. The molecular formula is C20H25N10O12P2S+. The Bertz CT molecular complexity index is 1860. The Morgan fingerprint density at radius 2 is 1.76 bits per heavy atom. The maximum absolute atomic E-state index is 13.3. The number of aromatic amines is 1. The standard InChI is InChI=1S/C20H24N10O12P2S/c21-13-7-14(24-2-23-13)29(3-25-7)17-10(33)12(41-43(35)45)19(40-17)38-5-44(36,37)42-11-9(32)6(1-31)39-18(11)30-4-26-8-15(30)27-20(22)28-16(8)34/h2-4,6,9-12,17-19,31-33H,1,5H2,(H6-,21,22,23,24,27,28,34,35,36,37,45)/p+1/t6-,9?,10?,11?,12?,17-,18-,19+/m1/s1.